The highest BCUT2D eigenvalue weighted by molar-refractivity contribution is 7.71. The lowest BCUT2D eigenvalue weighted by molar-refractivity contribution is -0.115. The Hall–Kier alpha value is -3.98. The van der Waals surface area contributed by atoms with E-state index in [0.29, 0.717) is 34.3 Å². The lowest BCUT2D eigenvalue weighted by Crippen LogP contribution is -2.18. The second kappa shape index (κ2) is 11.8. The van der Waals surface area contributed by atoms with E-state index in [4.69, 9.17) is 17.0 Å². The topological polar surface area (TPSA) is 81.3 Å². The van der Waals surface area contributed by atoms with Crippen molar-refractivity contribution in [1.82, 2.24) is 14.1 Å². The largest absolute Gasteiger partial charge is 0.495 e. The van der Waals surface area contributed by atoms with Crippen molar-refractivity contribution in [3.05, 3.63) is 94.3 Å². The zero-order chi connectivity index (χ0) is 26.4. The van der Waals surface area contributed by atoms with Gasteiger partial charge < -0.3 is 19.7 Å². The molecule has 0 aliphatic rings. The summed E-state index contributed by atoms with van der Waals surface area (Å²) in [6.45, 7) is 2.62. The zero-order valence-corrected chi connectivity index (χ0v) is 21.6. The summed E-state index contributed by atoms with van der Waals surface area (Å²) in [5.74, 6) is 0.0358. The molecule has 0 unspecified atom stereocenters. The molecule has 0 bridgehead atoms. The Morgan fingerprint density at radius 2 is 1.78 bits per heavy atom. The van der Waals surface area contributed by atoms with E-state index in [1.54, 1.807) is 16.7 Å². The highest BCUT2D eigenvalue weighted by Gasteiger charge is 2.21. The maximum absolute atomic E-state index is 13.5. The van der Waals surface area contributed by atoms with Crippen LogP contribution < -0.4 is 10.1 Å². The van der Waals surface area contributed by atoms with Crippen LogP contribution in [0.2, 0.25) is 0 Å². The summed E-state index contributed by atoms with van der Waals surface area (Å²) < 4.78 is 22.2. The summed E-state index contributed by atoms with van der Waals surface area (Å²) >= 11 is 5.70. The first-order chi connectivity index (χ1) is 17.9. The fraction of sp³-hybridized carbons (Fsp3) is 0.250. The number of nitrogens with zero attached hydrogens (tertiary/aromatic N) is 3. The Bertz CT molecular complexity index is 1410. The number of nitrogens with one attached hydrogen (secondary N) is 1. The van der Waals surface area contributed by atoms with Crippen molar-refractivity contribution in [2.24, 2.45) is 0 Å². The van der Waals surface area contributed by atoms with Gasteiger partial charge >= 0.3 is 0 Å². The van der Waals surface area contributed by atoms with Gasteiger partial charge in [0.1, 0.15) is 17.4 Å². The molecule has 0 aliphatic heterocycles. The van der Waals surface area contributed by atoms with Gasteiger partial charge in [-0.2, -0.15) is 0 Å². The van der Waals surface area contributed by atoms with Crippen molar-refractivity contribution < 1.29 is 19.0 Å². The number of hydrogen-bond donors (Lipinski definition) is 2. The molecule has 9 heteroatoms. The minimum absolute atomic E-state index is 0.122. The molecule has 2 aromatic heterocycles. The average Bonchev–Trinajstić information content (AvgIpc) is 3.14. The molecule has 0 saturated heterocycles. The molecule has 2 heterocycles. The predicted molar refractivity (Wildman–Crippen MR) is 143 cm³/mol. The number of halogens is 1. The molecular weight excluding hydrogens is 491 g/mol. The van der Waals surface area contributed by atoms with Gasteiger partial charge in [0, 0.05) is 6.54 Å². The Labute approximate surface area is 220 Å². The fourth-order valence-electron chi connectivity index (χ4n) is 4.10. The molecular formula is C28H29FN4O3S. The van der Waals surface area contributed by atoms with Gasteiger partial charge in [0.2, 0.25) is 11.8 Å². The molecule has 0 radical (unpaired) electrons. The van der Waals surface area contributed by atoms with Crippen LogP contribution in [-0.4, -0.2) is 32.2 Å². The lowest BCUT2D eigenvalue weighted by Gasteiger charge is -2.10. The molecule has 4 aromatic rings. The van der Waals surface area contributed by atoms with Gasteiger partial charge in [0.25, 0.3) is 0 Å². The molecule has 1 amide bonds. The molecule has 2 aromatic carbocycles. The van der Waals surface area contributed by atoms with E-state index in [1.807, 2.05) is 0 Å². The minimum Gasteiger partial charge on any atom is -0.495 e. The average molecular weight is 521 g/mol. The molecule has 0 aliphatic carbocycles. The minimum atomic E-state index is -0.394. The number of rotatable bonds is 10. The summed E-state index contributed by atoms with van der Waals surface area (Å²) in [5.41, 5.74) is 3.38. The van der Waals surface area contributed by atoms with Crippen molar-refractivity contribution >= 4 is 23.9 Å². The van der Waals surface area contributed by atoms with Gasteiger partial charge in [0.15, 0.2) is 4.77 Å². The van der Waals surface area contributed by atoms with Crippen molar-refractivity contribution in [3.63, 3.8) is 0 Å². The monoisotopic (exact) mass is 520 g/mol. The van der Waals surface area contributed by atoms with Crippen LogP contribution in [0.25, 0.3) is 5.69 Å². The van der Waals surface area contributed by atoms with Crippen LogP contribution in [0.5, 0.6) is 11.6 Å². The first-order valence-corrected chi connectivity index (χ1v) is 12.5. The third kappa shape index (κ3) is 6.24. The second-order valence-corrected chi connectivity index (χ2v) is 8.96. The number of pyridine rings is 1. The summed E-state index contributed by atoms with van der Waals surface area (Å²) in [7, 11) is 1.54. The predicted octanol–water partition coefficient (Wildman–Crippen LogP) is 5.63. The van der Waals surface area contributed by atoms with E-state index in [2.05, 4.69) is 41.5 Å². The summed E-state index contributed by atoms with van der Waals surface area (Å²) in [6.07, 6.45) is 3.94. The first-order valence-electron chi connectivity index (χ1n) is 12.1. The number of aromatic hydroxyl groups is 1. The van der Waals surface area contributed by atoms with Crippen LogP contribution in [0.15, 0.2) is 66.9 Å². The summed E-state index contributed by atoms with van der Waals surface area (Å²) in [5, 5.41) is 13.9. The van der Waals surface area contributed by atoms with E-state index in [-0.39, 0.29) is 18.2 Å². The molecule has 0 atom stereocenters. The second-order valence-electron chi connectivity index (χ2n) is 8.60. The number of aryl methyl sites for hydroxylation is 2. The molecule has 0 spiro atoms. The third-order valence-corrected chi connectivity index (χ3v) is 6.55. The summed E-state index contributed by atoms with van der Waals surface area (Å²) in [4.78, 5) is 17.1. The van der Waals surface area contributed by atoms with E-state index in [1.165, 1.54) is 53.3 Å². The number of benzene rings is 2. The van der Waals surface area contributed by atoms with E-state index in [0.717, 1.165) is 19.3 Å². The Balaban J connectivity index is 1.58. The van der Waals surface area contributed by atoms with E-state index < -0.39 is 5.82 Å². The number of carbonyl (C=O) groups is 1. The SMILES string of the molecule is CCc1ccc(CCCn2c(CC(=O)Nc3ccc(OC)cn3)c(O)n(-c3ccc(F)cc3)c2=S)cc1. The van der Waals surface area contributed by atoms with Crippen molar-refractivity contribution in [2.45, 2.75) is 39.2 Å². The standard InChI is InChI=1S/C28H29FN4O3S/c1-3-19-6-8-20(9-7-19)5-4-16-32-24(17-26(34)31-25-15-14-23(36-2)18-30-25)27(35)33(28(32)37)22-12-10-21(29)11-13-22/h6-15,18,35H,3-5,16-17H2,1-2H3,(H,30,31,34). The summed E-state index contributed by atoms with van der Waals surface area (Å²) in [6, 6.07) is 17.5. The Morgan fingerprint density at radius 3 is 2.41 bits per heavy atom. The van der Waals surface area contributed by atoms with Crippen LogP contribution >= 0.6 is 12.2 Å². The quantitative estimate of drug-likeness (QED) is 0.265. The van der Waals surface area contributed by atoms with Crippen molar-refractivity contribution in [1.29, 1.82) is 0 Å². The molecule has 192 valence electrons. The van der Waals surface area contributed by atoms with Gasteiger partial charge in [0.05, 0.1) is 31.1 Å². The first kappa shape index (κ1) is 26.1. The lowest BCUT2D eigenvalue weighted by atomic mass is 10.1. The van der Waals surface area contributed by atoms with Gasteiger partial charge in [-0.3, -0.25) is 9.36 Å². The number of hydrogen-bond acceptors (Lipinski definition) is 5. The smallest absolute Gasteiger partial charge is 0.231 e. The highest BCUT2D eigenvalue weighted by Crippen LogP contribution is 2.27. The number of methoxy groups -OCH3 is 1. The van der Waals surface area contributed by atoms with Gasteiger partial charge in [-0.15, -0.1) is 0 Å². The Kier molecular flexibility index (Phi) is 8.35. The number of amides is 1. The van der Waals surface area contributed by atoms with Crippen LogP contribution in [0.4, 0.5) is 10.2 Å². The van der Waals surface area contributed by atoms with Crippen LogP contribution in [0, 0.1) is 10.6 Å². The number of ether oxygens (including phenoxy) is 1. The third-order valence-electron chi connectivity index (χ3n) is 6.15. The maximum Gasteiger partial charge on any atom is 0.231 e. The van der Waals surface area contributed by atoms with Crippen molar-refractivity contribution in [2.75, 3.05) is 12.4 Å². The normalized spacial score (nSPS) is 10.9. The Morgan fingerprint density at radius 1 is 1.08 bits per heavy atom. The molecule has 4 rings (SSSR count). The van der Waals surface area contributed by atoms with Crippen LogP contribution in [0.3, 0.4) is 0 Å². The maximum atomic E-state index is 13.5. The molecule has 2 N–H and O–H groups in total. The zero-order valence-electron chi connectivity index (χ0n) is 20.8. The molecule has 37 heavy (non-hydrogen) atoms. The van der Waals surface area contributed by atoms with E-state index in [9.17, 15) is 14.3 Å². The van der Waals surface area contributed by atoms with E-state index >= 15 is 0 Å². The van der Waals surface area contributed by atoms with Gasteiger partial charge in [-0.25, -0.2) is 9.37 Å². The fourth-order valence-corrected chi connectivity index (χ4v) is 4.49. The molecule has 0 fully saturated rings. The van der Waals surface area contributed by atoms with Gasteiger partial charge in [-0.05, 0) is 79.0 Å². The number of carbonyl (C=O) groups excluding carboxylic acids is 1. The highest BCUT2D eigenvalue weighted by atomic mass is 32.1. The molecule has 7 nitrogen and oxygen atoms in total. The van der Waals surface area contributed by atoms with Crippen LogP contribution in [-0.2, 0) is 30.6 Å². The number of imidazole rings is 1. The van der Waals surface area contributed by atoms with Gasteiger partial charge in [-0.1, -0.05) is 31.2 Å². The number of aromatic nitrogens is 3. The number of anilines is 1. The van der Waals surface area contributed by atoms with Crippen molar-refractivity contribution in [3.8, 4) is 17.3 Å². The molecule has 0 saturated carbocycles. The van der Waals surface area contributed by atoms with Crippen LogP contribution in [0.1, 0.15) is 30.2 Å².